The molecule has 1 aromatic carbocycles. The molecule has 2 aromatic rings. The van der Waals surface area contributed by atoms with Gasteiger partial charge >= 0.3 is 5.97 Å². The first-order chi connectivity index (χ1) is 12.5. The van der Waals surface area contributed by atoms with Crippen LogP contribution in [0.15, 0.2) is 41.0 Å². The highest BCUT2D eigenvalue weighted by atomic mass is 16.5. The number of Topliss-reactive ketones (excluding diaryl/α,β-unsaturated/α-hetero) is 1. The molecule has 0 spiro atoms. The highest BCUT2D eigenvalue weighted by Gasteiger charge is 2.21. The molecule has 0 bridgehead atoms. The molecule has 1 N–H and O–H groups in total. The Morgan fingerprint density at radius 1 is 1.19 bits per heavy atom. The Morgan fingerprint density at radius 3 is 2.77 bits per heavy atom. The van der Waals surface area contributed by atoms with E-state index in [0.717, 1.165) is 19.3 Å². The largest absolute Gasteiger partial charge is 0.459 e. The summed E-state index contributed by atoms with van der Waals surface area (Å²) < 4.78 is 10.2. The van der Waals surface area contributed by atoms with Crippen molar-refractivity contribution in [2.45, 2.75) is 38.7 Å². The molecule has 1 amide bonds. The van der Waals surface area contributed by atoms with E-state index in [0.29, 0.717) is 5.56 Å². The number of rotatable bonds is 7. The molecule has 1 aliphatic rings. The minimum Gasteiger partial charge on any atom is -0.459 e. The number of benzene rings is 1. The van der Waals surface area contributed by atoms with Gasteiger partial charge in [-0.15, -0.1) is 0 Å². The second kappa shape index (κ2) is 7.99. The Hall–Kier alpha value is -2.89. The molecule has 0 radical (unpaired) electrons. The second-order valence-corrected chi connectivity index (χ2v) is 6.32. The van der Waals surface area contributed by atoms with E-state index in [1.165, 1.54) is 23.5 Å². The Balaban J connectivity index is 1.46. The van der Waals surface area contributed by atoms with Gasteiger partial charge in [0.15, 0.2) is 11.9 Å². The summed E-state index contributed by atoms with van der Waals surface area (Å²) in [7, 11) is 0. The van der Waals surface area contributed by atoms with Crippen LogP contribution in [0.4, 0.5) is 0 Å². The van der Waals surface area contributed by atoms with Crippen molar-refractivity contribution < 1.29 is 23.5 Å². The molecule has 26 heavy (non-hydrogen) atoms. The van der Waals surface area contributed by atoms with Crippen molar-refractivity contribution in [2.75, 3.05) is 6.54 Å². The lowest BCUT2D eigenvalue weighted by atomic mass is 10.0. The SMILES string of the molecule is C[C@H](OC(=O)CCNC(=O)c1ccco1)C(=O)c1ccc2c(c1)CCC2. The molecular formula is C20H21NO5. The molecule has 136 valence electrons. The van der Waals surface area contributed by atoms with Crippen molar-refractivity contribution in [2.24, 2.45) is 0 Å². The van der Waals surface area contributed by atoms with Gasteiger partial charge in [-0.1, -0.05) is 12.1 Å². The van der Waals surface area contributed by atoms with Crippen LogP contribution in [0.1, 0.15) is 51.8 Å². The number of carbonyl (C=O) groups is 3. The molecule has 1 aromatic heterocycles. The molecule has 6 heteroatoms. The number of fused-ring (bicyclic) bond motifs is 1. The predicted molar refractivity (Wildman–Crippen MR) is 94.0 cm³/mol. The summed E-state index contributed by atoms with van der Waals surface area (Å²) in [6, 6.07) is 8.81. The highest BCUT2D eigenvalue weighted by molar-refractivity contribution is 6.00. The summed E-state index contributed by atoms with van der Waals surface area (Å²) in [5.41, 5.74) is 3.06. The Morgan fingerprint density at radius 2 is 2.00 bits per heavy atom. The van der Waals surface area contributed by atoms with Crippen molar-refractivity contribution in [3.63, 3.8) is 0 Å². The van der Waals surface area contributed by atoms with Crippen molar-refractivity contribution in [1.29, 1.82) is 0 Å². The smallest absolute Gasteiger partial charge is 0.308 e. The average molecular weight is 355 g/mol. The van der Waals surface area contributed by atoms with Gasteiger partial charge in [0, 0.05) is 12.1 Å². The number of ketones is 1. The number of ether oxygens (including phenoxy) is 1. The topological polar surface area (TPSA) is 85.6 Å². The molecule has 6 nitrogen and oxygen atoms in total. The average Bonchev–Trinajstić information content (AvgIpc) is 3.31. The summed E-state index contributed by atoms with van der Waals surface area (Å²) in [6.07, 6.45) is 3.67. The minimum absolute atomic E-state index is 0.0196. The number of esters is 1. The van der Waals surface area contributed by atoms with Gasteiger partial charge in [0.2, 0.25) is 5.78 Å². The third kappa shape index (κ3) is 4.20. The molecule has 0 saturated heterocycles. The molecule has 0 unspecified atom stereocenters. The number of hydrogen-bond donors (Lipinski definition) is 1. The summed E-state index contributed by atoms with van der Waals surface area (Å²) in [5.74, 6) is -0.969. The van der Waals surface area contributed by atoms with E-state index >= 15 is 0 Å². The van der Waals surface area contributed by atoms with Gasteiger partial charge in [0.1, 0.15) is 0 Å². The lowest BCUT2D eigenvalue weighted by Crippen LogP contribution is -2.29. The third-order valence-corrected chi connectivity index (χ3v) is 4.42. The van der Waals surface area contributed by atoms with Gasteiger partial charge in [-0.3, -0.25) is 14.4 Å². The molecule has 0 saturated carbocycles. The molecule has 0 fully saturated rings. The van der Waals surface area contributed by atoms with Gasteiger partial charge < -0.3 is 14.5 Å². The van der Waals surface area contributed by atoms with Crippen LogP contribution in [0, 0.1) is 0 Å². The van der Waals surface area contributed by atoms with Crippen LogP contribution in [0.25, 0.3) is 0 Å². The number of furan rings is 1. The predicted octanol–water partition coefficient (Wildman–Crippen LogP) is 2.70. The number of hydrogen-bond acceptors (Lipinski definition) is 5. The number of nitrogens with one attached hydrogen (secondary N) is 1. The Kier molecular flexibility index (Phi) is 5.51. The molecule has 1 aliphatic carbocycles. The monoisotopic (exact) mass is 355 g/mol. The van der Waals surface area contributed by atoms with Crippen LogP contribution in [0.2, 0.25) is 0 Å². The van der Waals surface area contributed by atoms with E-state index < -0.39 is 18.0 Å². The van der Waals surface area contributed by atoms with Crippen molar-refractivity contribution in [3.05, 3.63) is 59.0 Å². The lowest BCUT2D eigenvalue weighted by molar-refractivity contribution is -0.146. The maximum absolute atomic E-state index is 12.5. The Labute approximate surface area is 151 Å². The molecule has 1 heterocycles. The fourth-order valence-electron chi connectivity index (χ4n) is 3.04. The lowest BCUT2D eigenvalue weighted by Gasteiger charge is -2.13. The Bertz CT molecular complexity index is 810. The third-order valence-electron chi connectivity index (χ3n) is 4.42. The fourth-order valence-corrected chi connectivity index (χ4v) is 3.04. The van der Waals surface area contributed by atoms with Crippen LogP contribution < -0.4 is 5.32 Å². The summed E-state index contributed by atoms with van der Waals surface area (Å²) in [4.78, 5) is 36.0. The summed E-state index contributed by atoms with van der Waals surface area (Å²) in [6.45, 7) is 1.67. The van der Waals surface area contributed by atoms with E-state index in [1.54, 1.807) is 19.1 Å². The maximum Gasteiger partial charge on any atom is 0.308 e. The minimum atomic E-state index is -0.859. The van der Waals surface area contributed by atoms with E-state index in [-0.39, 0.29) is 24.5 Å². The van der Waals surface area contributed by atoms with Gasteiger partial charge in [-0.2, -0.15) is 0 Å². The number of carbonyl (C=O) groups excluding carboxylic acids is 3. The number of amides is 1. The normalized spacial score (nSPS) is 13.7. The van der Waals surface area contributed by atoms with Gasteiger partial charge in [0.25, 0.3) is 5.91 Å². The molecule has 0 aliphatic heterocycles. The zero-order valence-electron chi connectivity index (χ0n) is 14.6. The van der Waals surface area contributed by atoms with Gasteiger partial charge in [-0.25, -0.2) is 0 Å². The first-order valence-electron chi connectivity index (χ1n) is 8.72. The van der Waals surface area contributed by atoms with Crippen LogP contribution in [0.5, 0.6) is 0 Å². The zero-order chi connectivity index (χ0) is 18.5. The van der Waals surface area contributed by atoms with Gasteiger partial charge in [-0.05, 0) is 55.5 Å². The molecule has 1 atom stereocenters. The van der Waals surface area contributed by atoms with Crippen LogP contribution in [0.3, 0.4) is 0 Å². The van der Waals surface area contributed by atoms with E-state index in [2.05, 4.69) is 5.32 Å². The van der Waals surface area contributed by atoms with Crippen LogP contribution in [-0.2, 0) is 22.4 Å². The zero-order valence-corrected chi connectivity index (χ0v) is 14.6. The first-order valence-corrected chi connectivity index (χ1v) is 8.72. The van der Waals surface area contributed by atoms with Gasteiger partial charge in [0.05, 0.1) is 12.7 Å². The van der Waals surface area contributed by atoms with Crippen molar-refractivity contribution in [1.82, 2.24) is 5.32 Å². The standard InChI is InChI=1S/C20H21NO5/c1-13(19(23)16-8-7-14-4-2-5-15(14)12-16)26-18(22)9-10-21-20(24)17-6-3-11-25-17/h3,6-8,11-13H,2,4-5,9-10H2,1H3,(H,21,24)/t13-/m0/s1. The van der Waals surface area contributed by atoms with Crippen molar-refractivity contribution in [3.8, 4) is 0 Å². The summed E-state index contributed by atoms with van der Waals surface area (Å²) >= 11 is 0. The highest BCUT2D eigenvalue weighted by Crippen LogP contribution is 2.23. The quantitative estimate of drug-likeness (QED) is 0.610. The summed E-state index contributed by atoms with van der Waals surface area (Å²) in [5, 5.41) is 2.56. The van der Waals surface area contributed by atoms with E-state index in [1.807, 2.05) is 12.1 Å². The molecule has 3 rings (SSSR count). The van der Waals surface area contributed by atoms with E-state index in [4.69, 9.17) is 9.15 Å². The first kappa shape index (κ1) is 17.9. The second-order valence-electron chi connectivity index (χ2n) is 6.32. The van der Waals surface area contributed by atoms with Crippen molar-refractivity contribution >= 4 is 17.7 Å². The van der Waals surface area contributed by atoms with Crippen LogP contribution >= 0.6 is 0 Å². The van der Waals surface area contributed by atoms with Crippen LogP contribution in [-0.4, -0.2) is 30.3 Å². The maximum atomic E-state index is 12.5. The molecular weight excluding hydrogens is 334 g/mol. The van der Waals surface area contributed by atoms with E-state index in [9.17, 15) is 14.4 Å². The number of aryl methyl sites for hydroxylation is 2. The fraction of sp³-hybridized carbons (Fsp3) is 0.350.